The van der Waals surface area contributed by atoms with Crippen LogP contribution in [0.2, 0.25) is 0 Å². The van der Waals surface area contributed by atoms with E-state index in [0.717, 1.165) is 13.0 Å². The third kappa shape index (κ3) is 10.3. The Balaban J connectivity index is 0.000000547. The molecule has 1 atom stereocenters. The Morgan fingerprint density at radius 3 is 2.00 bits per heavy atom. The third-order valence-electron chi connectivity index (χ3n) is 4.58. The van der Waals surface area contributed by atoms with E-state index in [2.05, 4.69) is 17.0 Å². The lowest BCUT2D eigenvalue weighted by atomic mass is 10.1. The summed E-state index contributed by atoms with van der Waals surface area (Å²) in [6.45, 7) is 3.30. The van der Waals surface area contributed by atoms with Crippen molar-refractivity contribution in [1.82, 2.24) is 4.90 Å². The van der Waals surface area contributed by atoms with E-state index in [4.69, 9.17) is 10.2 Å². The fraction of sp³-hybridized carbons (Fsp3) is 0.304. The molecule has 2 aromatic carbocycles. The molecular formula is C23H28FNO6S. The summed E-state index contributed by atoms with van der Waals surface area (Å²) in [5.74, 6) is -2.94. The van der Waals surface area contributed by atoms with Gasteiger partial charge in [0.2, 0.25) is 0 Å². The number of hydrogen-bond acceptors (Lipinski definition) is 5. The summed E-state index contributed by atoms with van der Waals surface area (Å²) in [7, 11) is -1.41. The number of likely N-dealkylation sites (N-methyl/N-ethyl adjacent to an activating group) is 1. The first-order chi connectivity index (χ1) is 15.0. The van der Waals surface area contributed by atoms with Gasteiger partial charge in [0.25, 0.3) is 0 Å². The van der Waals surface area contributed by atoms with Crippen LogP contribution in [0.15, 0.2) is 71.6 Å². The number of rotatable bonds is 10. The van der Waals surface area contributed by atoms with Gasteiger partial charge in [-0.25, -0.2) is 22.4 Å². The highest BCUT2D eigenvalue weighted by molar-refractivity contribution is 7.92. The van der Waals surface area contributed by atoms with Crippen molar-refractivity contribution in [2.45, 2.75) is 29.9 Å². The molecule has 0 aliphatic heterocycles. The molecule has 0 radical (unpaired) electrons. The molecule has 1 unspecified atom stereocenters. The predicted molar refractivity (Wildman–Crippen MR) is 120 cm³/mol. The van der Waals surface area contributed by atoms with Gasteiger partial charge < -0.3 is 15.1 Å². The zero-order chi connectivity index (χ0) is 24.1. The van der Waals surface area contributed by atoms with E-state index in [0.29, 0.717) is 25.1 Å². The summed E-state index contributed by atoms with van der Waals surface area (Å²) in [5, 5.41) is 15.1. The summed E-state index contributed by atoms with van der Waals surface area (Å²) >= 11 is 0. The van der Waals surface area contributed by atoms with Crippen molar-refractivity contribution >= 4 is 21.8 Å². The van der Waals surface area contributed by atoms with Gasteiger partial charge in [-0.2, -0.15) is 0 Å². The number of halogens is 1. The summed E-state index contributed by atoms with van der Waals surface area (Å²) in [5.41, 5.74) is 1.27. The van der Waals surface area contributed by atoms with Gasteiger partial charge in [0.1, 0.15) is 5.82 Å². The predicted octanol–water partition coefficient (Wildman–Crippen LogP) is 3.26. The number of nitrogens with zero attached hydrogens (tertiary/aromatic N) is 1. The van der Waals surface area contributed by atoms with Gasteiger partial charge in [-0.05, 0) is 63.2 Å². The van der Waals surface area contributed by atoms with Gasteiger partial charge in [-0.15, -0.1) is 0 Å². The van der Waals surface area contributed by atoms with Crippen LogP contribution in [0.25, 0.3) is 0 Å². The molecule has 0 saturated heterocycles. The molecule has 0 aromatic heterocycles. The van der Waals surface area contributed by atoms with Crippen molar-refractivity contribution in [2.75, 3.05) is 20.1 Å². The minimum atomic E-state index is -3.41. The smallest absolute Gasteiger partial charge is 0.328 e. The molecule has 2 aromatic rings. The lowest BCUT2D eigenvalue weighted by Gasteiger charge is -2.19. The molecule has 0 bridgehead atoms. The van der Waals surface area contributed by atoms with Crippen LogP contribution in [0.3, 0.4) is 0 Å². The van der Waals surface area contributed by atoms with Crippen LogP contribution in [-0.4, -0.2) is 60.9 Å². The van der Waals surface area contributed by atoms with E-state index < -0.39 is 32.8 Å². The van der Waals surface area contributed by atoms with Crippen LogP contribution in [0.5, 0.6) is 0 Å². The van der Waals surface area contributed by atoms with Crippen molar-refractivity contribution in [1.29, 1.82) is 0 Å². The Morgan fingerprint density at radius 2 is 1.50 bits per heavy atom. The van der Waals surface area contributed by atoms with Gasteiger partial charge in [-0.3, -0.25) is 0 Å². The number of carboxylic acids is 2. The Labute approximate surface area is 187 Å². The van der Waals surface area contributed by atoms with E-state index in [9.17, 15) is 22.4 Å². The standard InChI is InChI=1S/C19H24FNO2S.C4H4O4/c1-16(24(22,23)19-10-8-18(20)9-11-19)12-14-21(2)15-13-17-6-4-3-5-7-17;5-3(6)1-2-4(7)8/h3-11,16H,12-15H2,1-2H3;1-2H,(H,5,6)(H,7,8). The van der Waals surface area contributed by atoms with E-state index in [-0.39, 0.29) is 4.90 Å². The summed E-state index contributed by atoms with van der Waals surface area (Å²) < 4.78 is 37.9. The van der Waals surface area contributed by atoms with E-state index >= 15 is 0 Å². The molecule has 0 heterocycles. The maximum atomic E-state index is 13.0. The second-order valence-corrected chi connectivity index (χ2v) is 9.51. The van der Waals surface area contributed by atoms with Crippen LogP contribution in [-0.2, 0) is 25.8 Å². The number of carboxylic acid groups (broad SMARTS) is 2. The normalized spacial score (nSPS) is 12.2. The van der Waals surface area contributed by atoms with Crippen LogP contribution in [0.1, 0.15) is 18.9 Å². The summed E-state index contributed by atoms with van der Waals surface area (Å²) in [4.78, 5) is 21.4. The lowest BCUT2D eigenvalue weighted by Crippen LogP contribution is -2.28. The highest BCUT2D eigenvalue weighted by Gasteiger charge is 2.23. The lowest BCUT2D eigenvalue weighted by molar-refractivity contribution is -0.134. The fourth-order valence-corrected chi connectivity index (χ4v) is 4.03. The first-order valence-corrected chi connectivity index (χ1v) is 11.4. The van der Waals surface area contributed by atoms with E-state index in [1.807, 2.05) is 25.2 Å². The molecule has 9 heteroatoms. The molecule has 0 spiro atoms. The molecule has 2 rings (SSSR count). The van der Waals surface area contributed by atoms with Gasteiger partial charge in [0.15, 0.2) is 9.84 Å². The van der Waals surface area contributed by atoms with Crippen molar-refractivity contribution in [3.63, 3.8) is 0 Å². The number of sulfone groups is 1. The second kappa shape index (κ2) is 13.4. The fourth-order valence-electron chi connectivity index (χ4n) is 2.63. The molecule has 0 aliphatic carbocycles. The second-order valence-electron chi connectivity index (χ2n) is 7.15. The molecule has 32 heavy (non-hydrogen) atoms. The van der Waals surface area contributed by atoms with Crippen LogP contribution in [0.4, 0.5) is 4.39 Å². The van der Waals surface area contributed by atoms with E-state index in [1.165, 1.54) is 29.8 Å². The molecule has 0 saturated carbocycles. The zero-order valence-electron chi connectivity index (χ0n) is 18.0. The zero-order valence-corrected chi connectivity index (χ0v) is 18.8. The van der Waals surface area contributed by atoms with Crippen LogP contribution >= 0.6 is 0 Å². The molecule has 0 fully saturated rings. The highest BCUT2D eigenvalue weighted by Crippen LogP contribution is 2.18. The maximum absolute atomic E-state index is 13.0. The molecule has 0 aliphatic rings. The van der Waals surface area contributed by atoms with Crippen molar-refractivity contribution in [3.05, 3.63) is 78.1 Å². The van der Waals surface area contributed by atoms with Gasteiger partial charge in [0.05, 0.1) is 10.1 Å². The number of carbonyl (C=O) groups is 2. The molecule has 2 N–H and O–H groups in total. The Bertz CT molecular complexity index is 975. The van der Waals surface area contributed by atoms with Gasteiger partial charge in [-0.1, -0.05) is 30.3 Å². The Hall–Kier alpha value is -3.04. The SMILES string of the molecule is CC(CCN(C)CCc1ccccc1)S(=O)(=O)c1ccc(F)cc1.O=C(O)C=CC(=O)O. The Morgan fingerprint density at radius 1 is 0.969 bits per heavy atom. The average Bonchev–Trinajstić information content (AvgIpc) is 2.76. The first kappa shape index (κ1) is 27.0. The number of aliphatic carboxylic acids is 2. The molecular weight excluding hydrogens is 437 g/mol. The van der Waals surface area contributed by atoms with Crippen molar-refractivity contribution in [2.24, 2.45) is 0 Å². The van der Waals surface area contributed by atoms with E-state index in [1.54, 1.807) is 6.92 Å². The largest absolute Gasteiger partial charge is 0.478 e. The van der Waals surface area contributed by atoms with Gasteiger partial charge in [0, 0.05) is 18.7 Å². The molecule has 7 nitrogen and oxygen atoms in total. The minimum absolute atomic E-state index is 0.184. The quantitative estimate of drug-likeness (QED) is 0.409. The monoisotopic (exact) mass is 465 g/mol. The summed E-state index contributed by atoms with van der Waals surface area (Å²) in [6, 6.07) is 15.3. The molecule has 174 valence electrons. The van der Waals surface area contributed by atoms with Crippen LogP contribution < -0.4 is 0 Å². The minimum Gasteiger partial charge on any atom is -0.478 e. The van der Waals surface area contributed by atoms with Crippen molar-refractivity contribution in [3.8, 4) is 0 Å². The maximum Gasteiger partial charge on any atom is 0.328 e. The van der Waals surface area contributed by atoms with Crippen LogP contribution in [0, 0.1) is 5.82 Å². The van der Waals surface area contributed by atoms with Crippen molar-refractivity contribution < 1.29 is 32.6 Å². The topological polar surface area (TPSA) is 112 Å². The molecule has 0 amide bonds. The Kier molecular flexibility index (Phi) is 11.3. The number of hydrogen-bond donors (Lipinski definition) is 2. The first-order valence-electron chi connectivity index (χ1n) is 9.88. The summed E-state index contributed by atoms with van der Waals surface area (Å²) in [6.07, 6.45) is 2.60. The third-order valence-corrected chi connectivity index (χ3v) is 6.81. The van der Waals surface area contributed by atoms with Gasteiger partial charge >= 0.3 is 11.9 Å². The number of benzene rings is 2. The highest BCUT2D eigenvalue weighted by atomic mass is 32.2. The average molecular weight is 466 g/mol.